The summed E-state index contributed by atoms with van der Waals surface area (Å²) in [6.07, 6.45) is 3.79. The van der Waals surface area contributed by atoms with Gasteiger partial charge in [-0.1, -0.05) is 13.3 Å². The van der Waals surface area contributed by atoms with Crippen molar-refractivity contribution in [1.29, 1.82) is 0 Å². The molecule has 2 rings (SSSR count). The Kier molecular flexibility index (Phi) is 4.18. The number of hydrogen-bond acceptors (Lipinski definition) is 3. The minimum Gasteiger partial charge on any atom is -0.340 e. The molecule has 1 amide bonds. The highest BCUT2D eigenvalue weighted by Gasteiger charge is 2.25. The molecule has 2 N–H and O–H groups in total. The second-order valence-corrected chi connectivity index (χ2v) is 5.04. The molecule has 2 fully saturated rings. The predicted molar refractivity (Wildman–Crippen MR) is 64.3 cm³/mol. The van der Waals surface area contributed by atoms with E-state index in [0.29, 0.717) is 11.9 Å². The third kappa shape index (κ3) is 2.95. The Hall–Kier alpha value is -0.610. The molecule has 0 aliphatic carbocycles. The highest BCUT2D eigenvalue weighted by molar-refractivity contribution is 5.79. The quantitative estimate of drug-likeness (QED) is 0.705. The lowest BCUT2D eigenvalue weighted by molar-refractivity contribution is -0.134. The number of nitrogens with one attached hydrogen (secondary N) is 2. The number of carbonyl (C=O) groups excluding carboxylic acids is 1. The Morgan fingerprint density at radius 1 is 1.38 bits per heavy atom. The smallest absolute Gasteiger partial charge is 0.226 e. The van der Waals surface area contributed by atoms with E-state index in [1.54, 1.807) is 0 Å². The van der Waals surface area contributed by atoms with Crippen LogP contribution in [0.1, 0.15) is 26.2 Å². The Labute approximate surface area is 97.8 Å². The highest BCUT2D eigenvalue weighted by Crippen LogP contribution is 2.11. The maximum absolute atomic E-state index is 12.1. The monoisotopic (exact) mass is 225 g/mol. The Bertz CT molecular complexity index is 238. The van der Waals surface area contributed by atoms with Crippen molar-refractivity contribution >= 4 is 5.91 Å². The van der Waals surface area contributed by atoms with Crippen molar-refractivity contribution in [3.05, 3.63) is 0 Å². The van der Waals surface area contributed by atoms with E-state index in [9.17, 15) is 4.79 Å². The van der Waals surface area contributed by atoms with Crippen LogP contribution in [-0.2, 0) is 4.79 Å². The van der Waals surface area contributed by atoms with E-state index in [0.717, 1.165) is 32.7 Å². The average molecular weight is 225 g/mol. The standard InChI is InChI=1S/C12H23N3O/c1-10-8-13-6-7-15(12(10)16)9-11-4-2-3-5-14-11/h10-11,13-14H,2-9H2,1H3. The van der Waals surface area contributed by atoms with Crippen LogP contribution >= 0.6 is 0 Å². The summed E-state index contributed by atoms with van der Waals surface area (Å²) in [5, 5.41) is 6.82. The minimum absolute atomic E-state index is 0.131. The first-order valence-corrected chi connectivity index (χ1v) is 6.50. The molecular weight excluding hydrogens is 202 g/mol. The van der Waals surface area contributed by atoms with Crippen molar-refractivity contribution in [2.75, 3.05) is 32.7 Å². The minimum atomic E-state index is 0.131. The Morgan fingerprint density at radius 3 is 3.00 bits per heavy atom. The number of rotatable bonds is 2. The number of piperidine rings is 1. The molecule has 0 aromatic heterocycles. The van der Waals surface area contributed by atoms with Gasteiger partial charge >= 0.3 is 0 Å². The molecule has 92 valence electrons. The summed E-state index contributed by atoms with van der Waals surface area (Å²) < 4.78 is 0. The van der Waals surface area contributed by atoms with Crippen LogP contribution in [0.5, 0.6) is 0 Å². The van der Waals surface area contributed by atoms with Gasteiger partial charge in [-0.2, -0.15) is 0 Å². The van der Waals surface area contributed by atoms with Gasteiger partial charge in [-0.25, -0.2) is 0 Å². The largest absolute Gasteiger partial charge is 0.340 e. The van der Waals surface area contributed by atoms with Gasteiger partial charge in [0.15, 0.2) is 0 Å². The zero-order valence-corrected chi connectivity index (χ0v) is 10.2. The fourth-order valence-corrected chi connectivity index (χ4v) is 2.57. The van der Waals surface area contributed by atoms with E-state index in [4.69, 9.17) is 0 Å². The highest BCUT2D eigenvalue weighted by atomic mass is 16.2. The van der Waals surface area contributed by atoms with Gasteiger partial charge in [0, 0.05) is 38.1 Å². The third-order valence-electron chi connectivity index (χ3n) is 3.60. The molecule has 4 nitrogen and oxygen atoms in total. The van der Waals surface area contributed by atoms with Crippen LogP contribution in [0.15, 0.2) is 0 Å². The van der Waals surface area contributed by atoms with Crippen LogP contribution in [0.2, 0.25) is 0 Å². The topological polar surface area (TPSA) is 44.4 Å². The van der Waals surface area contributed by atoms with Crippen LogP contribution < -0.4 is 10.6 Å². The molecule has 2 heterocycles. The van der Waals surface area contributed by atoms with Crippen molar-refractivity contribution in [3.8, 4) is 0 Å². The van der Waals surface area contributed by atoms with E-state index in [-0.39, 0.29) is 5.92 Å². The molecule has 0 saturated carbocycles. The molecular formula is C12H23N3O. The summed E-state index contributed by atoms with van der Waals surface area (Å²) in [5.41, 5.74) is 0. The van der Waals surface area contributed by atoms with Crippen molar-refractivity contribution < 1.29 is 4.79 Å². The molecule has 0 spiro atoms. The fraction of sp³-hybridized carbons (Fsp3) is 0.917. The van der Waals surface area contributed by atoms with Gasteiger partial charge in [-0.05, 0) is 19.4 Å². The fourth-order valence-electron chi connectivity index (χ4n) is 2.57. The molecule has 2 aliphatic rings. The summed E-state index contributed by atoms with van der Waals surface area (Å²) in [6, 6.07) is 0.517. The molecule has 4 heteroatoms. The summed E-state index contributed by atoms with van der Waals surface area (Å²) >= 11 is 0. The van der Waals surface area contributed by atoms with Crippen LogP contribution in [0, 0.1) is 5.92 Å². The number of carbonyl (C=O) groups is 1. The van der Waals surface area contributed by atoms with Gasteiger partial charge in [-0.3, -0.25) is 4.79 Å². The van der Waals surface area contributed by atoms with Crippen molar-refractivity contribution in [1.82, 2.24) is 15.5 Å². The van der Waals surface area contributed by atoms with Gasteiger partial charge in [-0.15, -0.1) is 0 Å². The van der Waals surface area contributed by atoms with Crippen LogP contribution in [0.4, 0.5) is 0 Å². The maximum atomic E-state index is 12.1. The summed E-state index contributed by atoms with van der Waals surface area (Å²) in [6.45, 7) is 6.64. The second-order valence-electron chi connectivity index (χ2n) is 5.04. The summed E-state index contributed by atoms with van der Waals surface area (Å²) in [5.74, 6) is 0.448. The van der Waals surface area contributed by atoms with E-state index >= 15 is 0 Å². The lowest BCUT2D eigenvalue weighted by Crippen LogP contribution is -2.47. The average Bonchev–Trinajstić information content (AvgIpc) is 2.46. The molecule has 0 aromatic carbocycles. The first-order chi connectivity index (χ1) is 7.77. The van der Waals surface area contributed by atoms with Crippen molar-refractivity contribution in [3.63, 3.8) is 0 Å². The van der Waals surface area contributed by atoms with Crippen molar-refractivity contribution in [2.45, 2.75) is 32.2 Å². The third-order valence-corrected chi connectivity index (χ3v) is 3.60. The lowest BCUT2D eigenvalue weighted by Gasteiger charge is -2.30. The first-order valence-electron chi connectivity index (χ1n) is 6.50. The molecule has 2 aliphatic heterocycles. The lowest BCUT2D eigenvalue weighted by atomic mass is 10.0. The Morgan fingerprint density at radius 2 is 2.25 bits per heavy atom. The molecule has 2 saturated heterocycles. The molecule has 2 atom stereocenters. The Balaban J connectivity index is 1.88. The molecule has 0 aromatic rings. The zero-order valence-electron chi connectivity index (χ0n) is 10.2. The van der Waals surface area contributed by atoms with E-state index in [2.05, 4.69) is 10.6 Å². The molecule has 0 radical (unpaired) electrons. The number of nitrogens with zero attached hydrogens (tertiary/aromatic N) is 1. The van der Waals surface area contributed by atoms with Crippen LogP contribution in [-0.4, -0.2) is 49.6 Å². The van der Waals surface area contributed by atoms with Crippen LogP contribution in [0.25, 0.3) is 0 Å². The SMILES string of the molecule is CC1CNCCN(CC2CCCCN2)C1=O. The second kappa shape index (κ2) is 5.64. The zero-order chi connectivity index (χ0) is 11.4. The van der Waals surface area contributed by atoms with Crippen LogP contribution in [0.3, 0.4) is 0 Å². The molecule has 2 unspecified atom stereocenters. The van der Waals surface area contributed by atoms with Gasteiger partial charge in [0.05, 0.1) is 0 Å². The van der Waals surface area contributed by atoms with E-state index < -0.39 is 0 Å². The first kappa shape index (κ1) is 11.9. The van der Waals surface area contributed by atoms with E-state index in [1.807, 2.05) is 11.8 Å². The number of hydrogen-bond donors (Lipinski definition) is 2. The van der Waals surface area contributed by atoms with Gasteiger partial charge < -0.3 is 15.5 Å². The van der Waals surface area contributed by atoms with Gasteiger partial charge in [0.1, 0.15) is 0 Å². The van der Waals surface area contributed by atoms with Crippen molar-refractivity contribution in [2.24, 2.45) is 5.92 Å². The van der Waals surface area contributed by atoms with E-state index in [1.165, 1.54) is 19.3 Å². The van der Waals surface area contributed by atoms with Gasteiger partial charge in [0.25, 0.3) is 0 Å². The van der Waals surface area contributed by atoms with Gasteiger partial charge in [0.2, 0.25) is 5.91 Å². The normalized spacial score (nSPS) is 32.6. The summed E-state index contributed by atoms with van der Waals surface area (Å²) in [7, 11) is 0. The number of amides is 1. The predicted octanol–water partition coefficient (Wildman–Crippen LogP) is 0.196. The maximum Gasteiger partial charge on any atom is 0.226 e. The molecule has 0 bridgehead atoms. The molecule has 16 heavy (non-hydrogen) atoms. The summed E-state index contributed by atoms with van der Waals surface area (Å²) in [4.78, 5) is 14.1.